The van der Waals surface area contributed by atoms with Crippen molar-refractivity contribution in [2.45, 2.75) is 6.92 Å². The maximum absolute atomic E-state index is 12.1. The molecule has 0 radical (unpaired) electrons. The van der Waals surface area contributed by atoms with E-state index in [-0.39, 0.29) is 22.6 Å². The van der Waals surface area contributed by atoms with E-state index in [1.165, 1.54) is 26.2 Å². The molecular weight excluding hydrogens is 475 g/mol. The number of aromatic carboxylic acids is 2. The Morgan fingerprint density at radius 2 is 1.74 bits per heavy atom. The molecule has 1 aromatic heterocycles. The van der Waals surface area contributed by atoms with Crippen molar-refractivity contribution in [2.24, 2.45) is 0 Å². The lowest BCUT2D eigenvalue weighted by atomic mass is 9.95. The lowest BCUT2D eigenvalue weighted by Crippen LogP contribution is -2.24. The zero-order valence-electron chi connectivity index (χ0n) is 14.0. The third kappa shape index (κ3) is 3.86. The topological polar surface area (TPSA) is 169 Å². The Hall–Kier alpha value is -3.09. The van der Waals surface area contributed by atoms with Crippen molar-refractivity contribution in [1.29, 1.82) is 0 Å². The summed E-state index contributed by atoms with van der Waals surface area (Å²) in [5, 5.41) is 18.9. The van der Waals surface area contributed by atoms with Gasteiger partial charge in [0.15, 0.2) is 11.5 Å². The van der Waals surface area contributed by atoms with Crippen LogP contribution in [0.1, 0.15) is 27.6 Å². The molecule has 11 heteroatoms. The van der Waals surface area contributed by atoms with Gasteiger partial charge in [-0.2, -0.15) is 0 Å². The first-order chi connectivity index (χ1) is 12.6. The van der Waals surface area contributed by atoms with E-state index in [4.69, 9.17) is 15.2 Å². The number of aromatic amines is 1. The lowest BCUT2D eigenvalue weighted by Gasteiger charge is -2.16. The number of esters is 1. The molecule has 5 N–H and O–H groups in total. The third-order valence-electron chi connectivity index (χ3n) is 3.44. The number of hydrogen-bond acceptors (Lipinski definition) is 7. The highest BCUT2D eigenvalue weighted by molar-refractivity contribution is 14.1. The van der Waals surface area contributed by atoms with Crippen molar-refractivity contribution in [3.8, 4) is 22.6 Å². The highest BCUT2D eigenvalue weighted by atomic mass is 127. The summed E-state index contributed by atoms with van der Waals surface area (Å²) in [6.45, 7) is 1.19. The Morgan fingerprint density at radius 3 is 2.22 bits per heavy atom. The number of pyridine rings is 1. The first kappa shape index (κ1) is 20.2. The van der Waals surface area contributed by atoms with Crippen LogP contribution in [-0.4, -0.2) is 40.2 Å². The molecule has 0 unspecified atom stereocenters. The number of halogens is 1. The number of anilines is 1. The summed E-state index contributed by atoms with van der Waals surface area (Å²) in [6.07, 6.45) is 0. The van der Waals surface area contributed by atoms with Crippen molar-refractivity contribution in [3.05, 3.63) is 37.2 Å². The van der Waals surface area contributed by atoms with E-state index in [1.54, 1.807) is 22.6 Å². The molecule has 142 valence electrons. The monoisotopic (exact) mass is 488 g/mol. The van der Waals surface area contributed by atoms with Crippen LogP contribution >= 0.6 is 22.6 Å². The molecule has 0 bridgehead atoms. The van der Waals surface area contributed by atoms with Crippen molar-refractivity contribution in [2.75, 3.05) is 12.8 Å². The van der Waals surface area contributed by atoms with E-state index < -0.39 is 40.4 Å². The minimum Gasteiger partial charge on any atom is -0.493 e. The molecule has 10 nitrogen and oxygen atoms in total. The summed E-state index contributed by atoms with van der Waals surface area (Å²) in [5.41, 5.74) is 2.83. The number of carboxylic acid groups (broad SMARTS) is 2. The van der Waals surface area contributed by atoms with E-state index in [2.05, 4.69) is 0 Å². The summed E-state index contributed by atoms with van der Waals surface area (Å²) >= 11 is 1.80. The third-order valence-corrected chi connectivity index (χ3v) is 4.24. The Bertz CT molecular complexity index is 1030. The maximum atomic E-state index is 12.1. The fourth-order valence-electron chi connectivity index (χ4n) is 2.44. The molecule has 27 heavy (non-hydrogen) atoms. The first-order valence-electron chi connectivity index (χ1n) is 7.17. The molecule has 2 aromatic rings. The van der Waals surface area contributed by atoms with Gasteiger partial charge in [-0.25, -0.2) is 9.59 Å². The molecule has 0 aliphatic carbocycles. The Balaban J connectivity index is 2.95. The van der Waals surface area contributed by atoms with Gasteiger partial charge >= 0.3 is 17.9 Å². The zero-order chi connectivity index (χ0) is 20.5. The molecule has 2 rings (SSSR count). The number of carbonyl (C=O) groups is 3. The highest BCUT2D eigenvalue weighted by Crippen LogP contribution is 2.39. The van der Waals surface area contributed by atoms with Gasteiger partial charge in [0.2, 0.25) is 0 Å². The molecular formula is C16H13IN2O8. The average Bonchev–Trinajstić information content (AvgIpc) is 2.54. The second kappa shape index (κ2) is 7.65. The molecule has 1 aromatic carbocycles. The lowest BCUT2D eigenvalue weighted by molar-refractivity contribution is -0.132. The van der Waals surface area contributed by atoms with Gasteiger partial charge in [-0.15, -0.1) is 0 Å². The fourth-order valence-corrected chi connectivity index (χ4v) is 3.15. The van der Waals surface area contributed by atoms with Crippen LogP contribution < -0.4 is 20.8 Å². The number of aromatic nitrogens is 1. The molecule has 0 saturated carbocycles. The van der Waals surface area contributed by atoms with Crippen LogP contribution in [0.25, 0.3) is 11.1 Å². The number of nitrogens with two attached hydrogens (primary N) is 1. The van der Waals surface area contributed by atoms with Crippen molar-refractivity contribution >= 4 is 46.3 Å². The van der Waals surface area contributed by atoms with Gasteiger partial charge in [0.05, 0.1) is 10.7 Å². The summed E-state index contributed by atoms with van der Waals surface area (Å²) in [7, 11) is 1.28. The summed E-state index contributed by atoms with van der Waals surface area (Å²) in [5.74, 6) is -4.16. The van der Waals surface area contributed by atoms with Crippen LogP contribution in [0.2, 0.25) is 0 Å². The van der Waals surface area contributed by atoms with Crippen LogP contribution in [-0.2, 0) is 4.79 Å². The van der Waals surface area contributed by atoms with Crippen molar-refractivity contribution < 1.29 is 34.1 Å². The fraction of sp³-hybridized carbons (Fsp3) is 0.125. The predicted molar refractivity (Wildman–Crippen MR) is 101 cm³/mol. The summed E-state index contributed by atoms with van der Waals surface area (Å²) < 4.78 is 10.5. The number of nitrogens with one attached hydrogen (secondary N) is 1. The number of carbonyl (C=O) groups excluding carboxylic acids is 1. The van der Waals surface area contributed by atoms with Gasteiger partial charge in [-0.05, 0) is 40.3 Å². The minimum absolute atomic E-state index is 0.0404. The van der Waals surface area contributed by atoms with Crippen molar-refractivity contribution in [1.82, 2.24) is 4.98 Å². The summed E-state index contributed by atoms with van der Waals surface area (Å²) in [6, 6.07) is 2.61. The van der Waals surface area contributed by atoms with Crippen LogP contribution in [0.15, 0.2) is 16.9 Å². The number of nitrogen functional groups attached to an aromatic ring is 1. The van der Waals surface area contributed by atoms with Crippen LogP contribution in [0, 0.1) is 3.57 Å². The SMILES string of the molecule is COc1cc(-c2c(C(=O)O)c(N)[nH]c(=O)c2C(=O)O)cc(I)c1OC(C)=O. The molecule has 0 amide bonds. The van der Waals surface area contributed by atoms with Gasteiger partial charge in [0.25, 0.3) is 5.56 Å². The number of ether oxygens (including phenoxy) is 2. The van der Waals surface area contributed by atoms with Crippen LogP contribution in [0.5, 0.6) is 11.5 Å². The largest absolute Gasteiger partial charge is 0.493 e. The van der Waals surface area contributed by atoms with Crippen molar-refractivity contribution in [3.63, 3.8) is 0 Å². The van der Waals surface area contributed by atoms with Gasteiger partial charge in [0.1, 0.15) is 16.9 Å². The van der Waals surface area contributed by atoms with E-state index in [1.807, 2.05) is 4.98 Å². The van der Waals surface area contributed by atoms with E-state index >= 15 is 0 Å². The highest BCUT2D eigenvalue weighted by Gasteiger charge is 2.28. The Kier molecular flexibility index (Phi) is 5.73. The second-order valence-corrected chi connectivity index (χ2v) is 6.35. The quantitative estimate of drug-likeness (QED) is 0.277. The number of H-pyrrole nitrogens is 1. The Morgan fingerprint density at radius 1 is 1.15 bits per heavy atom. The normalized spacial score (nSPS) is 10.3. The summed E-state index contributed by atoms with van der Waals surface area (Å²) in [4.78, 5) is 48.6. The zero-order valence-corrected chi connectivity index (χ0v) is 16.1. The van der Waals surface area contributed by atoms with Crippen LogP contribution in [0.3, 0.4) is 0 Å². The molecule has 0 aliphatic rings. The first-order valence-corrected chi connectivity index (χ1v) is 8.25. The van der Waals surface area contributed by atoms with Gasteiger partial charge in [0, 0.05) is 12.5 Å². The van der Waals surface area contributed by atoms with Gasteiger partial charge < -0.3 is 30.4 Å². The molecule has 1 heterocycles. The number of benzene rings is 1. The molecule has 0 aliphatic heterocycles. The van der Waals surface area contributed by atoms with Gasteiger partial charge in [-0.3, -0.25) is 9.59 Å². The Labute approximate surface area is 165 Å². The molecule has 0 fully saturated rings. The average molecular weight is 488 g/mol. The molecule has 0 spiro atoms. The smallest absolute Gasteiger partial charge is 0.342 e. The van der Waals surface area contributed by atoms with Gasteiger partial charge in [-0.1, -0.05) is 0 Å². The molecule has 0 atom stereocenters. The maximum Gasteiger partial charge on any atom is 0.342 e. The minimum atomic E-state index is -1.63. The van der Waals surface area contributed by atoms with E-state index in [0.29, 0.717) is 3.57 Å². The predicted octanol–water partition coefficient (Wildman–Crippen LogP) is 1.56. The number of hydrogen-bond donors (Lipinski definition) is 4. The van der Waals surface area contributed by atoms with Crippen LogP contribution in [0.4, 0.5) is 5.82 Å². The second-order valence-electron chi connectivity index (χ2n) is 5.19. The van der Waals surface area contributed by atoms with E-state index in [9.17, 15) is 29.4 Å². The standard InChI is InChI=1S/C16H13IN2O8/c1-5(20)27-12-7(17)3-6(4-8(12)26-2)9-10(15(22)23)13(18)19-14(21)11(9)16(24)25/h3-4H,1-2H3,(H,22,23)(H,24,25)(H3,18,19,21). The number of carboxylic acids is 2. The number of rotatable bonds is 5. The van der Waals surface area contributed by atoms with E-state index in [0.717, 1.165) is 0 Å². The molecule has 0 saturated heterocycles. The number of methoxy groups -OCH3 is 1.